The third-order valence-electron chi connectivity index (χ3n) is 9.62. The second-order valence-corrected chi connectivity index (χ2v) is 13.0. The van der Waals surface area contributed by atoms with Crippen molar-refractivity contribution in [3.8, 4) is 56.2 Å². The van der Waals surface area contributed by atoms with E-state index in [1.807, 2.05) is 52.1 Å². The lowest BCUT2D eigenvalue weighted by Gasteiger charge is -2.19. The summed E-state index contributed by atoms with van der Waals surface area (Å²) in [5, 5.41) is 0. The molecule has 2 aromatic heterocycles. The lowest BCUT2D eigenvalue weighted by Crippen LogP contribution is -2.05. The van der Waals surface area contributed by atoms with Gasteiger partial charge in [-0.3, -0.25) is 9.98 Å². The zero-order valence-corrected chi connectivity index (χ0v) is 32.5. The molecule has 270 valence electrons. The molecule has 1 aliphatic heterocycles. The van der Waals surface area contributed by atoms with Crippen LogP contribution < -0.4 is 0 Å². The molecule has 0 atom stereocenters. The molecule has 4 heteroatoms. The minimum Gasteiger partial charge on any atom is -0.284 e. The zero-order chi connectivity index (χ0) is 37.9. The highest BCUT2D eigenvalue weighted by Crippen LogP contribution is 2.37. The first-order chi connectivity index (χ1) is 26.6. The molecule has 3 heterocycles. The van der Waals surface area contributed by atoms with E-state index in [9.17, 15) is 0 Å². The highest BCUT2D eigenvalue weighted by Gasteiger charge is 2.20. The van der Waals surface area contributed by atoms with Crippen LogP contribution in [-0.4, -0.2) is 27.2 Å². The van der Waals surface area contributed by atoms with Gasteiger partial charge in [0, 0.05) is 35.0 Å². The number of dihydropyridines is 1. The van der Waals surface area contributed by atoms with Crippen LogP contribution in [0.1, 0.15) is 70.7 Å². The van der Waals surface area contributed by atoms with E-state index >= 15 is 0 Å². The first kappa shape index (κ1) is 37.7. The Bertz CT molecular complexity index is 2290. The summed E-state index contributed by atoms with van der Waals surface area (Å²) in [6.45, 7) is 13.2. The van der Waals surface area contributed by atoms with Crippen molar-refractivity contribution in [3.63, 3.8) is 0 Å². The van der Waals surface area contributed by atoms with Gasteiger partial charge in [0.15, 0.2) is 5.82 Å². The van der Waals surface area contributed by atoms with Gasteiger partial charge in [0.1, 0.15) is 0 Å². The third kappa shape index (κ3) is 8.45. The van der Waals surface area contributed by atoms with Gasteiger partial charge in [-0.25, -0.2) is 9.97 Å². The van der Waals surface area contributed by atoms with Crippen LogP contribution in [0, 0.1) is 6.92 Å². The number of pyridine rings is 1. The van der Waals surface area contributed by atoms with Gasteiger partial charge >= 0.3 is 0 Å². The molecule has 0 amide bonds. The second-order valence-electron chi connectivity index (χ2n) is 13.0. The van der Waals surface area contributed by atoms with E-state index in [2.05, 4.69) is 140 Å². The quantitative estimate of drug-likeness (QED) is 0.166. The molecule has 0 unspecified atom stereocenters. The number of benzene rings is 4. The van der Waals surface area contributed by atoms with E-state index in [1.54, 1.807) is 0 Å². The van der Waals surface area contributed by atoms with Crippen molar-refractivity contribution >= 4 is 11.3 Å². The van der Waals surface area contributed by atoms with Gasteiger partial charge in [-0.15, -0.1) is 0 Å². The standard InChI is InChI=1S/C46H38N4.2C2H6/c1-31-12-6-7-15-41(31)45-32(2)44(37-13-4-3-5-14-37)49-46(50-45)40-29-38(33-18-22-35(23-19-33)42-16-8-10-26-47-42)28-39(30-40)34-20-24-36(25-21-34)43-17-9-11-27-48-43;2*1-2/h3-6,8-10,12-14,16-26,28-30H,7,11,15,27H2,1-2H3;2*1-2H3. The fourth-order valence-electron chi connectivity index (χ4n) is 6.89. The van der Waals surface area contributed by atoms with Crippen molar-refractivity contribution in [2.45, 2.75) is 60.8 Å². The maximum absolute atomic E-state index is 5.37. The van der Waals surface area contributed by atoms with E-state index in [0.29, 0.717) is 0 Å². The van der Waals surface area contributed by atoms with Crippen molar-refractivity contribution in [2.24, 2.45) is 4.99 Å². The zero-order valence-electron chi connectivity index (χ0n) is 32.5. The van der Waals surface area contributed by atoms with Crippen molar-refractivity contribution in [3.05, 3.63) is 168 Å². The molecule has 1 aliphatic carbocycles. The average Bonchev–Trinajstić information content (AvgIpc) is 3.26. The van der Waals surface area contributed by atoms with E-state index in [-0.39, 0.29) is 0 Å². The van der Waals surface area contributed by atoms with Crippen LogP contribution >= 0.6 is 0 Å². The topological polar surface area (TPSA) is 51.0 Å². The third-order valence-corrected chi connectivity index (χ3v) is 9.62. The van der Waals surface area contributed by atoms with Crippen LogP contribution in [-0.2, 0) is 0 Å². The Labute approximate surface area is 321 Å². The van der Waals surface area contributed by atoms with Gasteiger partial charge in [0.05, 0.1) is 22.8 Å². The predicted molar refractivity (Wildman–Crippen MR) is 231 cm³/mol. The fourth-order valence-corrected chi connectivity index (χ4v) is 6.89. The number of hydrogen-bond acceptors (Lipinski definition) is 4. The summed E-state index contributed by atoms with van der Waals surface area (Å²) >= 11 is 0. The largest absolute Gasteiger partial charge is 0.284 e. The Morgan fingerprint density at radius 3 is 1.70 bits per heavy atom. The van der Waals surface area contributed by atoms with E-state index < -0.39 is 0 Å². The maximum atomic E-state index is 5.37. The summed E-state index contributed by atoms with van der Waals surface area (Å²) in [6, 6.07) is 40.7. The molecule has 0 saturated heterocycles. The van der Waals surface area contributed by atoms with Crippen LogP contribution in [0.3, 0.4) is 0 Å². The number of hydrogen-bond donors (Lipinski definition) is 0. The lowest BCUT2D eigenvalue weighted by molar-refractivity contribution is 0.994. The first-order valence-electron chi connectivity index (χ1n) is 19.4. The number of aromatic nitrogens is 3. The predicted octanol–water partition coefficient (Wildman–Crippen LogP) is 13.4. The molecule has 0 bridgehead atoms. The van der Waals surface area contributed by atoms with Crippen molar-refractivity contribution in [1.82, 2.24) is 15.0 Å². The van der Waals surface area contributed by atoms with Crippen LogP contribution in [0.15, 0.2) is 156 Å². The molecule has 4 nitrogen and oxygen atoms in total. The summed E-state index contributed by atoms with van der Waals surface area (Å²) in [4.78, 5) is 20.0. The van der Waals surface area contributed by atoms with Crippen LogP contribution in [0.2, 0.25) is 0 Å². The molecular formula is C50H50N4. The Hall–Kier alpha value is -6.00. The molecule has 0 saturated carbocycles. The van der Waals surface area contributed by atoms with Gasteiger partial charge in [0.2, 0.25) is 0 Å². The molecule has 2 aliphatic rings. The van der Waals surface area contributed by atoms with E-state index in [0.717, 1.165) is 104 Å². The van der Waals surface area contributed by atoms with Gasteiger partial charge in [-0.2, -0.15) is 0 Å². The number of nitrogens with zero attached hydrogens (tertiary/aromatic N) is 4. The number of aliphatic imine (C=N–C) groups is 1. The van der Waals surface area contributed by atoms with Gasteiger partial charge in [-0.05, 0) is 108 Å². The molecule has 0 radical (unpaired) electrons. The molecule has 0 N–H and O–H groups in total. The summed E-state index contributed by atoms with van der Waals surface area (Å²) in [5.74, 6) is 0.728. The Balaban J connectivity index is 0.00000120. The van der Waals surface area contributed by atoms with Crippen LogP contribution in [0.4, 0.5) is 0 Å². The molecule has 54 heavy (non-hydrogen) atoms. The van der Waals surface area contributed by atoms with Gasteiger partial charge in [-0.1, -0.05) is 131 Å². The monoisotopic (exact) mass is 706 g/mol. The van der Waals surface area contributed by atoms with E-state index in [4.69, 9.17) is 15.0 Å². The molecular weight excluding hydrogens is 657 g/mol. The highest BCUT2D eigenvalue weighted by atomic mass is 14.9. The average molecular weight is 707 g/mol. The minimum absolute atomic E-state index is 0.728. The maximum Gasteiger partial charge on any atom is 0.160 e. The van der Waals surface area contributed by atoms with Gasteiger partial charge < -0.3 is 0 Å². The lowest BCUT2D eigenvalue weighted by atomic mass is 9.91. The molecule has 8 rings (SSSR count). The summed E-state index contributed by atoms with van der Waals surface area (Å²) < 4.78 is 0. The van der Waals surface area contributed by atoms with Crippen molar-refractivity contribution < 1.29 is 0 Å². The fraction of sp³-hybridized carbons (Fsp3) is 0.200. The summed E-state index contributed by atoms with van der Waals surface area (Å²) in [7, 11) is 0. The second kappa shape index (κ2) is 18.2. The SMILES string of the molecule is CC.CC.CC1=C(c2nc(-c3cc(-c4ccc(C5=NCCC=C5)cc4)cc(-c4ccc(-c5ccccn5)cc4)c3)nc(-c3ccccc3)c2C)CCC=C1. The minimum atomic E-state index is 0.728. The van der Waals surface area contributed by atoms with Crippen LogP contribution in [0.25, 0.3) is 61.7 Å². The Morgan fingerprint density at radius 2 is 1.09 bits per heavy atom. The first-order valence-corrected chi connectivity index (χ1v) is 19.4. The normalized spacial score (nSPS) is 13.3. The van der Waals surface area contributed by atoms with Crippen LogP contribution in [0.5, 0.6) is 0 Å². The molecule has 0 spiro atoms. The van der Waals surface area contributed by atoms with Crippen molar-refractivity contribution in [2.75, 3.05) is 6.54 Å². The Kier molecular flexibility index (Phi) is 12.7. The Morgan fingerprint density at radius 1 is 0.500 bits per heavy atom. The number of rotatable bonds is 7. The highest BCUT2D eigenvalue weighted by molar-refractivity contribution is 6.09. The smallest absolute Gasteiger partial charge is 0.160 e. The molecule has 4 aromatic carbocycles. The number of allylic oxidation sites excluding steroid dienone is 5. The summed E-state index contributed by atoms with van der Waals surface area (Å²) in [6.07, 6.45) is 13.6. The van der Waals surface area contributed by atoms with Crippen molar-refractivity contribution in [1.29, 1.82) is 0 Å². The summed E-state index contributed by atoms with van der Waals surface area (Å²) in [5.41, 5.74) is 16.5. The van der Waals surface area contributed by atoms with Gasteiger partial charge in [0.25, 0.3) is 0 Å². The molecule has 0 fully saturated rings. The van der Waals surface area contributed by atoms with E-state index in [1.165, 1.54) is 11.1 Å². The molecule has 6 aromatic rings.